The van der Waals surface area contributed by atoms with Gasteiger partial charge in [-0.3, -0.25) is 9.36 Å². The second kappa shape index (κ2) is 10.7. The molecule has 0 N–H and O–H groups in total. The van der Waals surface area contributed by atoms with Gasteiger partial charge in [-0.1, -0.05) is 35.3 Å². The van der Waals surface area contributed by atoms with Gasteiger partial charge in [0.2, 0.25) is 0 Å². The summed E-state index contributed by atoms with van der Waals surface area (Å²) in [6.45, 7) is 1.29. The lowest BCUT2D eigenvalue weighted by Crippen LogP contribution is -2.26. The fourth-order valence-corrected chi connectivity index (χ4v) is 3.73. The first-order valence-electron chi connectivity index (χ1n) is 10.4. The first-order valence-corrected chi connectivity index (χ1v) is 11.1. The third-order valence-corrected chi connectivity index (χ3v) is 5.59. The highest BCUT2D eigenvalue weighted by Crippen LogP contribution is 2.27. The summed E-state index contributed by atoms with van der Waals surface area (Å²) in [6.07, 6.45) is 0. The minimum absolute atomic E-state index is 0.114. The summed E-state index contributed by atoms with van der Waals surface area (Å²) in [7, 11) is 1.61. The molecule has 8 heteroatoms. The number of benzene rings is 3. The maximum absolute atomic E-state index is 13.2. The molecule has 4 rings (SSSR count). The number of para-hydroxylation sites is 1. The van der Waals surface area contributed by atoms with E-state index in [1.807, 2.05) is 42.5 Å². The van der Waals surface area contributed by atoms with Crippen LogP contribution in [-0.4, -0.2) is 36.5 Å². The molecule has 0 saturated heterocycles. The number of hydrogen-bond acceptors (Lipinski definition) is 5. The molecular weight excluding hydrogens is 463 g/mol. The van der Waals surface area contributed by atoms with Gasteiger partial charge in [-0.25, -0.2) is 4.98 Å². The van der Waals surface area contributed by atoms with Crippen molar-refractivity contribution in [3.8, 4) is 22.9 Å². The van der Waals surface area contributed by atoms with Crippen molar-refractivity contribution in [2.45, 2.75) is 6.54 Å². The lowest BCUT2D eigenvalue weighted by atomic mass is 10.1. The van der Waals surface area contributed by atoms with Crippen LogP contribution in [0.4, 0.5) is 0 Å². The van der Waals surface area contributed by atoms with E-state index in [9.17, 15) is 4.79 Å². The molecule has 3 aromatic carbocycles. The van der Waals surface area contributed by atoms with Crippen LogP contribution in [0.2, 0.25) is 10.0 Å². The maximum atomic E-state index is 13.2. The highest BCUT2D eigenvalue weighted by molar-refractivity contribution is 6.34. The Labute approximate surface area is 201 Å². The molecular formula is C25H22Cl2N2O4. The minimum atomic E-state index is -0.114. The van der Waals surface area contributed by atoms with Gasteiger partial charge in [-0.2, -0.15) is 0 Å². The van der Waals surface area contributed by atoms with Gasteiger partial charge < -0.3 is 14.2 Å². The molecule has 1 aromatic heterocycles. The molecule has 6 nitrogen and oxygen atoms in total. The highest BCUT2D eigenvalue weighted by atomic mass is 35.5. The number of aromatic nitrogens is 2. The average molecular weight is 485 g/mol. The number of nitrogens with zero attached hydrogens (tertiary/aromatic N) is 2. The van der Waals surface area contributed by atoms with Crippen LogP contribution in [-0.2, 0) is 11.3 Å². The SMILES string of the molecule is COc1ccc(-c2nc3ccccc3c(=O)n2CCOCCOc2cc(Cl)ccc2Cl)cc1. The summed E-state index contributed by atoms with van der Waals surface area (Å²) >= 11 is 12.1. The van der Waals surface area contributed by atoms with E-state index in [4.69, 9.17) is 42.4 Å². The number of ether oxygens (including phenoxy) is 3. The smallest absolute Gasteiger partial charge is 0.261 e. The van der Waals surface area contributed by atoms with Crippen molar-refractivity contribution in [3.05, 3.63) is 87.1 Å². The van der Waals surface area contributed by atoms with E-state index in [1.165, 1.54) is 0 Å². The summed E-state index contributed by atoms with van der Waals surface area (Å²) in [5.41, 5.74) is 1.35. The van der Waals surface area contributed by atoms with Gasteiger partial charge in [0.05, 0.1) is 42.8 Å². The number of fused-ring (bicyclic) bond motifs is 1. The molecule has 0 bridgehead atoms. The first-order chi connectivity index (χ1) is 16.1. The molecule has 0 atom stereocenters. The van der Waals surface area contributed by atoms with Gasteiger partial charge in [0.15, 0.2) is 0 Å². The molecule has 33 heavy (non-hydrogen) atoms. The Morgan fingerprint density at radius 2 is 1.73 bits per heavy atom. The van der Waals surface area contributed by atoms with Crippen LogP contribution in [0.3, 0.4) is 0 Å². The summed E-state index contributed by atoms with van der Waals surface area (Å²) in [4.78, 5) is 18.0. The zero-order valence-electron chi connectivity index (χ0n) is 18.0. The minimum Gasteiger partial charge on any atom is -0.497 e. The van der Waals surface area contributed by atoms with Gasteiger partial charge in [-0.05, 0) is 48.5 Å². The van der Waals surface area contributed by atoms with Crippen molar-refractivity contribution in [2.75, 3.05) is 26.9 Å². The Balaban J connectivity index is 1.47. The lowest BCUT2D eigenvalue weighted by molar-refractivity contribution is 0.0941. The quantitative estimate of drug-likeness (QED) is 0.294. The number of hydrogen-bond donors (Lipinski definition) is 0. The monoisotopic (exact) mass is 484 g/mol. The maximum Gasteiger partial charge on any atom is 0.261 e. The third kappa shape index (κ3) is 5.47. The predicted molar refractivity (Wildman–Crippen MR) is 131 cm³/mol. The Morgan fingerprint density at radius 3 is 2.52 bits per heavy atom. The van der Waals surface area contributed by atoms with Crippen LogP contribution in [0.1, 0.15) is 0 Å². The molecule has 0 unspecified atom stereocenters. The summed E-state index contributed by atoms with van der Waals surface area (Å²) < 4.78 is 18.2. The summed E-state index contributed by atoms with van der Waals surface area (Å²) in [6, 6.07) is 19.8. The van der Waals surface area contributed by atoms with E-state index < -0.39 is 0 Å². The first kappa shape index (κ1) is 23.1. The van der Waals surface area contributed by atoms with Crippen LogP contribution >= 0.6 is 23.2 Å². The van der Waals surface area contributed by atoms with Crippen LogP contribution < -0.4 is 15.0 Å². The number of halogens is 2. The average Bonchev–Trinajstić information content (AvgIpc) is 2.84. The van der Waals surface area contributed by atoms with E-state index >= 15 is 0 Å². The molecule has 0 spiro atoms. The molecule has 1 heterocycles. The number of methoxy groups -OCH3 is 1. The van der Waals surface area contributed by atoms with Crippen LogP contribution in [0.5, 0.6) is 11.5 Å². The molecule has 0 saturated carbocycles. The van der Waals surface area contributed by atoms with Crippen molar-refractivity contribution in [2.24, 2.45) is 0 Å². The zero-order valence-corrected chi connectivity index (χ0v) is 19.5. The second-order valence-corrected chi connectivity index (χ2v) is 8.02. The fourth-order valence-electron chi connectivity index (χ4n) is 3.39. The normalized spacial score (nSPS) is 11.0. The van der Waals surface area contributed by atoms with E-state index in [-0.39, 0.29) is 5.56 Å². The van der Waals surface area contributed by atoms with Gasteiger partial charge in [0, 0.05) is 16.7 Å². The van der Waals surface area contributed by atoms with Crippen molar-refractivity contribution < 1.29 is 14.2 Å². The Hall–Kier alpha value is -3.06. The van der Waals surface area contributed by atoms with Crippen LogP contribution in [0, 0.1) is 0 Å². The van der Waals surface area contributed by atoms with Crippen molar-refractivity contribution in [1.82, 2.24) is 9.55 Å². The van der Waals surface area contributed by atoms with Gasteiger partial charge in [0.1, 0.15) is 23.9 Å². The fraction of sp³-hybridized carbons (Fsp3) is 0.200. The molecule has 0 aliphatic heterocycles. The van der Waals surface area contributed by atoms with Crippen LogP contribution in [0.25, 0.3) is 22.3 Å². The largest absolute Gasteiger partial charge is 0.497 e. The summed E-state index contributed by atoms with van der Waals surface area (Å²) in [5, 5.41) is 1.59. The van der Waals surface area contributed by atoms with E-state index in [0.717, 1.165) is 11.3 Å². The van der Waals surface area contributed by atoms with E-state index in [2.05, 4.69) is 0 Å². The van der Waals surface area contributed by atoms with Crippen molar-refractivity contribution in [1.29, 1.82) is 0 Å². The van der Waals surface area contributed by atoms with Crippen LogP contribution in [0.15, 0.2) is 71.5 Å². The van der Waals surface area contributed by atoms with Gasteiger partial charge in [0.25, 0.3) is 5.56 Å². The predicted octanol–water partition coefficient (Wildman–Crippen LogP) is 5.47. The zero-order chi connectivity index (χ0) is 23.2. The Kier molecular flexibility index (Phi) is 7.50. The second-order valence-electron chi connectivity index (χ2n) is 7.17. The molecule has 0 amide bonds. The van der Waals surface area contributed by atoms with Crippen molar-refractivity contribution in [3.63, 3.8) is 0 Å². The van der Waals surface area contributed by atoms with Crippen molar-refractivity contribution >= 4 is 34.1 Å². The topological polar surface area (TPSA) is 62.6 Å². The summed E-state index contributed by atoms with van der Waals surface area (Å²) in [5.74, 6) is 1.81. The highest BCUT2D eigenvalue weighted by Gasteiger charge is 2.13. The molecule has 0 radical (unpaired) electrons. The molecule has 0 aliphatic rings. The van der Waals surface area contributed by atoms with E-state index in [0.29, 0.717) is 58.9 Å². The standard InChI is InChI=1S/C25H22Cl2N2O4/c1-31-19-9-6-17(7-10-19)24-28-22-5-3-2-4-20(22)25(30)29(24)12-13-32-14-15-33-23-16-18(26)8-11-21(23)27/h2-11,16H,12-15H2,1H3. The molecule has 0 aliphatic carbocycles. The molecule has 4 aromatic rings. The van der Waals surface area contributed by atoms with Gasteiger partial charge in [-0.15, -0.1) is 0 Å². The lowest BCUT2D eigenvalue weighted by Gasteiger charge is -2.14. The molecule has 0 fully saturated rings. The Bertz CT molecular complexity index is 1310. The number of rotatable bonds is 9. The van der Waals surface area contributed by atoms with Gasteiger partial charge >= 0.3 is 0 Å². The third-order valence-electron chi connectivity index (χ3n) is 5.05. The Morgan fingerprint density at radius 1 is 0.939 bits per heavy atom. The van der Waals surface area contributed by atoms with E-state index in [1.54, 1.807) is 35.9 Å². The molecule has 170 valence electrons.